The topological polar surface area (TPSA) is 72.9 Å². The van der Waals surface area contributed by atoms with Gasteiger partial charge in [0.05, 0.1) is 11.3 Å². The molecule has 2 rings (SSSR count). The van der Waals surface area contributed by atoms with Crippen molar-refractivity contribution in [2.24, 2.45) is 18.7 Å². The standard InChI is InChI=1S/C13H22N4O/c1-8(2)12-10(7-17(3)16-12)13(18)15-6-11(14)9-4-5-9/h7-9,11H,4-6,14H2,1-3H3,(H,15,18). The molecule has 1 aromatic heterocycles. The van der Waals surface area contributed by atoms with Gasteiger partial charge in [0.2, 0.25) is 0 Å². The Balaban J connectivity index is 1.99. The number of aromatic nitrogens is 2. The molecule has 1 aliphatic rings. The van der Waals surface area contributed by atoms with E-state index >= 15 is 0 Å². The van der Waals surface area contributed by atoms with Crippen molar-refractivity contribution in [1.82, 2.24) is 15.1 Å². The lowest BCUT2D eigenvalue weighted by Crippen LogP contribution is -2.38. The van der Waals surface area contributed by atoms with Crippen LogP contribution >= 0.6 is 0 Å². The number of nitrogens with two attached hydrogens (primary N) is 1. The fourth-order valence-electron chi connectivity index (χ4n) is 2.10. The Hall–Kier alpha value is -1.36. The molecule has 0 aromatic carbocycles. The molecule has 1 amide bonds. The zero-order chi connectivity index (χ0) is 13.3. The molecule has 0 saturated heterocycles. The molecule has 1 atom stereocenters. The van der Waals surface area contributed by atoms with E-state index in [4.69, 9.17) is 5.73 Å². The number of nitrogens with one attached hydrogen (secondary N) is 1. The normalized spacial score (nSPS) is 16.9. The van der Waals surface area contributed by atoms with Crippen LogP contribution in [0, 0.1) is 5.92 Å². The highest BCUT2D eigenvalue weighted by Crippen LogP contribution is 2.31. The highest BCUT2D eigenvalue weighted by molar-refractivity contribution is 5.95. The minimum Gasteiger partial charge on any atom is -0.350 e. The van der Waals surface area contributed by atoms with Crippen LogP contribution in [0.3, 0.4) is 0 Å². The Morgan fingerprint density at radius 3 is 2.83 bits per heavy atom. The lowest BCUT2D eigenvalue weighted by atomic mass is 10.1. The highest BCUT2D eigenvalue weighted by atomic mass is 16.1. The second kappa shape index (κ2) is 5.10. The van der Waals surface area contributed by atoms with Crippen LogP contribution < -0.4 is 11.1 Å². The zero-order valence-electron chi connectivity index (χ0n) is 11.3. The van der Waals surface area contributed by atoms with E-state index in [9.17, 15) is 4.79 Å². The predicted octanol–water partition coefficient (Wildman–Crippen LogP) is 1.01. The third-order valence-corrected chi connectivity index (χ3v) is 3.37. The minimum absolute atomic E-state index is 0.0668. The van der Waals surface area contributed by atoms with Gasteiger partial charge in [-0.2, -0.15) is 5.10 Å². The maximum absolute atomic E-state index is 12.1. The van der Waals surface area contributed by atoms with E-state index in [0.29, 0.717) is 18.0 Å². The van der Waals surface area contributed by atoms with Crippen molar-refractivity contribution in [3.63, 3.8) is 0 Å². The van der Waals surface area contributed by atoms with Crippen LogP contribution in [0.4, 0.5) is 0 Å². The van der Waals surface area contributed by atoms with Crippen LogP contribution in [-0.2, 0) is 7.05 Å². The summed E-state index contributed by atoms with van der Waals surface area (Å²) in [5.41, 5.74) is 7.48. The van der Waals surface area contributed by atoms with Gasteiger partial charge in [-0.05, 0) is 24.7 Å². The summed E-state index contributed by atoms with van der Waals surface area (Å²) in [4.78, 5) is 12.1. The molecule has 100 valence electrons. The summed E-state index contributed by atoms with van der Waals surface area (Å²) in [6.07, 6.45) is 4.16. The van der Waals surface area contributed by atoms with Gasteiger partial charge in [-0.15, -0.1) is 0 Å². The molecule has 5 nitrogen and oxygen atoms in total. The Labute approximate surface area is 108 Å². The van der Waals surface area contributed by atoms with Gasteiger partial charge in [-0.25, -0.2) is 0 Å². The Kier molecular flexibility index (Phi) is 3.71. The maximum Gasteiger partial charge on any atom is 0.254 e. The summed E-state index contributed by atoms with van der Waals surface area (Å²) in [6.45, 7) is 4.63. The third kappa shape index (κ3) is 2.90. The molecule has 3 N–H and O–H groups in total. The van der Waals surface area contributed by atoms with Crippen LogP contribution in [0.2, 0.25) is 0 Å². The van der Waals surface area contributed by atoms with Crippen molar-refractivity contribution in [2.45, 2.75) is 38.6 Å². The SMILES string of the molecule is CC(C)c1nn(C)cc1C(=O)NCC(N)C1CC1. The van der Waals surface area contributed by atoms with Crippen molar-refractivity contribution in [3.05, 3.63) is 17.5 Å². The first-order valence-electron chi connectivity index (χ1n) is 6.56. The maximum atomic E-state index is 12.1. The van der Waals surface area contributed by atoms with E-state index in [1.807, 2.05) is 20.9 Å². The van der Waals surface area contributed by atoms with Crippen LogP contribution in [-0.4, -0.2) is 28.3 Å². The molecule has 0 radical (unpaired) electrons. The Morgan fingerprint density at radius 2 is 2.28 bits per heavy atom. The van der Waals surface area contributed by atoms with Gasteiger partial charge in [-0.1, -0.05) is 13.8 Å². The molecule has 18 heavy (non-hydrogen) atoms. The van der Waals surface area contributed by atoms with Crippen molar-refractivity contribution in [1.29, 1.82) is 0 Å². The molecule has 1 saturated carbocycles. The van der Waals surface area contributed by atoms with E-state index in [1.54, 1.807) is 10.9 Å². The van der Waals surface area contributed by atoms with Gasteiger partial charge in [0, 0.05) is 25.8 Å². The molecule has 0 aliphatic heterocycles. The summed E-state index contributed by atoms with van der Waals surface area (Å²) in [5.74, 6) is 0.774. The average Bonchev–Trinajstić information content (AvgIpc) is 3.08. The smallest absolute Gasteiger partial charge is 0.254 e. The minimum atomic E-state index is -0.0668. The number of hydrogen-bond acceptors (Lipinski definition) is 3. The molecule has 1 fully saturated rings. The van der Waals surface area contributed by atoms with Crippen molar-refractivity contribution in [3.8, 4) is 0 Å². The fourth-order valence-corrected chi connectivity index (χ4v) is 2.10. The van der Waals surface area contributed by atoms with E-state index in [1.165, 1.54) is 12.8 Å². The van der Waals surface area contributed by atoms with Crippen LogP contribution in [0.25, 0.3) is 0 Å². The van der Waals surface area contributed by atoms with Crippen molar-refractivity contribution < 1.29 is 4.79 Å². The number of rotatable bonds is 5. The third-order valence-electron chi connectivity index (χ3n) is 3.37. The van der Waals surface area contributed by atoms with Gasteiger partial charge in [0.1, 0.15) is 0 Å². The summed E-state index contributed by atoms with van der Waals surface area (Å²) in [5, 5.41) is 7.24. The Morgan fingerprint density at radius 1 is 1.61 bits per heavy atom. The lowest BCUT2D eigenvalue weighted by Gasteiger charge is -2.12. The first-order valence-corrected chi connectivity index (χ1v) is 6.56. The Bertz CT molecular complexity index is 434. The van der Waals surface area contributed by atoms with Crippen LogP contribution in [0.1, 0.15) is 48.7 Å². The number of carbonyl (C=O) groups excluding carboxylic acids is 1. The van der Waals surface area contributed by atoms with Gasteiger partial charge in [0.15, 0.2) is 0 Å². The lowest BCUT2D eigenvalue weighted by molar-refractivity contribution is 0.0949. The molecular weight excluding hydrogens is 228 g/mol. The van der Waals surface area contributed by atoms with Crippen LogP contribution in [0.5, 0.6) is 0 Å². The predicted molar refractivity (Wildman–Crippen MR) is 70.3 cm³/mol. The molecule has 1 heterocycles. The van der Waals surface area contributed by atoms with E-state index in [-0.39, 0.29) is 17.9 Å². The number of aryl methyl sites for hydroxylation is 1. The quantitative estimate of drug-likeness (QED) is 0.819. The van der Waals surface area contributed by atoms with E-state index < -0.39 is 0 Å². The summed E-state index contributed by atoms with van der Waals surface area (Å²) >= 11 is 0. The van der Waals surface area contributed by atoms with E-state index in [0.717, 1.165) is 5.69 Å². The highest BCUT2D eigenvalue weighted by Gasteiger charge is 2.29. The number of nitrogens with zero attached hydrogens (tertiary/aromatic N) is 2. The summed E-state index contributed by atoms with van der Waals surface area (Å²) in [7, 11) is 1.83. The van der Waals surface area contributed by atoms with E-state index in [2.05, 4.69) is 10.4 Å². The van der Waals surface area contributed by atoms with Crippen LogP contribution in [0.15, 0.2) is 6.20 Å². The van der Waals surface area contributed by atoms with Crippen molar-refractivity contribution in [2.75, 3.05) is 6.54 Å². The number of amides is 1. The van der Waals surface area contributed by atoms with Gasteiger partial charge in [-0.3, -0.25) is 9.48 Å². The number of carbonyl (C=O) groups is 1. The summed E-state index contributed by atoms with van der Waals surface area (Å²) in [6, 6.07) is 0.0909. The monoisotopic (exact) mass is 250 g/mol. The summed E-state index contributed by atoms with van der Waals surface area (Å²) < 4.78 is 1.69. The van der Waals surface area contributed by atoms with Gasteiger partial charge >= 0.3 is 0 Å². The first-order chi connectivity index (χ1) is 8.49. The average molecular weight is 250 g/mol. The first kappa shape index (κ1) is 13.1. The van der Waals surface area contributed by atoms with Gasteiger partial charge < -0.3 is 11.1 Å². The zero-order valence-corrected chi connectivity index (χ0v) is 11.3. The second-order valence-corrected chi connectivity index (χ2v) is 5.47. The molecule has 1 unspecified atom stereocenters. The van der Waals surface area contributed by atoms with Crippen molar-refractivity contribution >= 4 is 5.91 Å². The molecular formula is C13H22N4O. The fraction of sp³-hybridized carbons (Fsp3) is 0.692. The molecule has 5 heteroatoms. The second-order valence-electron chi connectivity index (χ2n) is 5.47. The molecule has 1 aliphatic carbocycles. The molecule has 0 bridgehead atoms. The number of hydrogen-bond donors (Lipinski definition) is 2. The van der Waals surface area contributed by atoms with Gasteiger partial charge in [0.25, 0.3) is 5.91 Å². The molecule has 1 aromatic rings. The largest absolute Gasteiger partial charge is 0.350 e. The molecule has 0 spiro atoms.